The summed E-state index contributed by atoms with van der Waals surface area (Å²) >= 11 is 1.36. The van der Waals surface area contributed by atoms with E-state index >= 15 is 0 Å². The summed E-state index contributed by atoms with van der Waals surface area (Å²) in [6.45, 7) is 11.9. The van der Waals surface area contributed by atoms with Crippen molar-refractivity contribution in [3.05, 3.63) is 83.4 Å². The minimum absolute atomic E-state index is 0.0333. The lowest BCUT2D eigenvalue weighted by molar-refractivity contribution is -0.136. The number of nitrogens with one attached hydrogen (secondary N) is 1. The molecule has 12 heteroatoms. The fraction of sp³-hybridized carbons (Fsp3) is 0.400. The molecular formula is C35H44N4O6S2. The van der Waals surface area contributed by atoms with E-state index < -0.39 is 16.1 Å². The van der Waals surface area contributed by atoms with Crippen molar-refractivity contribution in [3.63, 3.8) is 0 Å². The Morgan fingerprint density at radius 3 is 2.40 bits per heavy atom. The Kier molecular flexibility index (Phi) is 11.5. The number of carbonyl (C=O) groups is 2. The molecule has 0 aliphatic heterocycles. The van der Waals surface area contributed by atoms with Gasteiger partial charge in [0.2, 0.25) is 5.91 Å². The number of anilines is 1. The van der Waals surface area contributed by atoms with Crippen molar-refractivity contribution < 1.29 is 27.9 Å². The number of hydrogen-bond acceptors (Lipinski definition) is 8. The molecule has 4 aromatic rings. The van der Waals surface area contributed by atoms with Crippen molar-refractivity contribution >= 4 is 49.3 Å². The summed E-state index contributed by atoms with van der Waals surface area (Å²) in [6.07, 6.45) is -0.254. The van der Waals surface area contributed by atoms with Crippen LogP contribution in [0.3, 0.4) is 0 Å². The van der Waals surface area contributed by atoms with E-state index in [4.69, 9.17) is 4.74 Å². The number of hydrogen-bond donors (Lipinski definition) is 2. The van der Waals surface area contributed by atoms with Crippen LogP contribution in [-0.4, -0.2) is 48.6 Å². The van der Waals surface area contributed by atoms with E-state index in [1.54, 1.807) is 35.8 Å². The number of aromatic nitrogens is 1. The third kappa shape index (κ3) is 9.68. The van der Waals surface area contributed by atoms with Crippen LogP contribution in [0, 0.1) is 17.3 Å². The van der Waals surface area contributed by atoms with E-state index in [1.807, 2.05) is 71.9 Å². The molecule has 0 spiro atoms. The Hall–Kier alpha value is -4.16. The molecule has 1 heterocycles. The van der Waals surface area contributed by atoms with Crippen LogP contribution in [0.5, 0.6) is 5.75 Å². The topological polar surface area (TPSA) is 129 Å². The van der Waals surface area contributed by atoms with Gasteiger partial charge in [-0.2, -0.15) is 0 Å². The van der Waals surface area contributed by atoms with Gasteiger partial charge in [0.15, 0.2) is 0 Å². The van der Waals surface area contributed by atoms with E-state index in [1.165, 1.54) is 26.7 Å². The Labute approximate surface area is 281 Å². The number of hydrazine groups is 1. The summed E-state index contributed by atoms with van der Waals surface area (Å²) in [7, 11) is -4.04. The molecule has 3 aromatic carbocycles. The number of para-hydroxylation sites is 1. The quantitative estimate of drug-likeness (QED) is 0.152. The summed E-state index contributed by atoms with van der Waals surface area (Å²) in [5, 5.41) is 12.8. The number of rotatable bonds is 12. The predicted octanol–water partition coefficient (Wildman–Crippen LogP) is 7.14. The van der Waals surface area contributed by atoms with Gasteiger partial charge in [-0.25, -0.2) is 23.6 Å². The van der Waals surface area contributed by atoms with Crippen LogP contribution in [0.4, 0.5) is 10.5 Å². The fourth-order valence-electron chi connectivity index (χ4n) is 5.10. The van der Waals surface area contributed by atoms with Crippen LogP contribution in [0.2, 0.25) is 0 Å². The molecule has 0 unspecified atom stereocenters. The number of aromatic hydroxyl groups is 1. The van der Waals surface area contributed by atoms with E-state index in [0.29, 0.717) is 12.0 Å². The lowest BCUT2D eigenvalue weighted by Gasteiger charge is -2.30. The average Bonchev–Trinajstić information content (AvgIpc) is 3.47. The lowest BCUT2D eigenvalue weighted by atomic mass is 9.91. The smallest absolute Gasteiger partial charge is 0.426 e. The first-order valence-electron chi connectivity index (χ1n) is 15.6. The third-order valence-corrected chi connectivity index (χ3v) is 9.84. The monoisotopic (exact) mass is 680 g/mol. The maximum Gasteiger partial charge on any atom is 0.426 e. The molecule has 1 atom stereocenters. The second-order valence-corrected chi connectivity index (χ2v) is 16.2. The van der Waals surface area contributed by atoms with Gasteiger partial charge in [-0.3, -0.25) is 14.1 Å². The number of fused-ring (bicyclic) bond motifs is 1. The maximum absolute atomic E-state index is 14.0. The van der Waals surface area contributed by atoms with Crippen LogP contribution in [0.15, 0.2) is 77.1 Å². The van der Waals surface area contributed by atoms with Gasteiger partial charge in [-0.1, -0.05) is 84.0 Å². The molecule has 0 radical (unpaired) electrons. The number of phenols is 1. The van der Waals surface area contributed by atoms with Crippen LogP contribution in [-0.2, 0) is 32.6 Å². The van der Waals surface area contributed by atoms with Gasteiger partial charge < -0.3 is 9.84 Å². The molecule has 47 heavy (non-hydrogen) atoms. The Morgan fingerprint density at radius 2 is 1.72 bits per heavy atom. The van der Waals surface area contributed by atoms with Crippen molar-refractivity contribution in [1.29, 1.82) is 0 Å². The first-order valence-corrected chi connectivity index (χ1v) is 17.9. The molecule has 10 nitrogen and oxygen atoms in total. The van der Waals surface area contributed by atoms with Gasteiger partial charge >= 0.3 is 6.09 Å². The van der Waals surface area contributed by atoms with Crippen molar-refractivity contribution in [1.82, 2.24) is 15.4 Å². The highest BCUT2D eigenvalue weighted by Gasteiger charge is 2.30. The number of benzene rings is 3. The molecule has 0 aliphatic rings. The maximum atomic E-state index is 14.0. The van der Waals surface area contributed by atoms with Crippen LogP contribution in [0.25, 0.3) is 10.2 Å². The zero-order chi connectivity index (χ0) is 34.4. The van der Waals surface area contributed by atoms with Crippen LogP contribution in [0.1, 0.15) is 59.1 Å². The number of sulfonamides is 1. The normalized spacial score (nSPS) is 12.6. The summed E-state index contributed by atoms with van der Waals surface area (Å²) < 4.78 is 35.4. The zero-order valence-corrected chi connectivity index (χ0v) is 29.4. The number of ether oxygens (including phenoxy) is 1. The number of carbonyl (C=O) groups excluding carboxylic acids is 2. The molecule has 2 N–H and O–H groups in total. The second-order valence-electron chi connectivity index (χ2n) is 13.4. The molecule has 252 valence electrons. The van der Waals surface area contributed by atoms with Gasteiger partial charge in [-0.15, -0.1) is 11.3 Å². The zero-order valence-electron chi connectivity index (χ0n) is 27.8. The van der Waals surface area contributed by atoms with Gasteiger partial charge in [0.05, 0.1) is 26.3 Å². The Bertz CT molecular complexity index is 1780. The standard InChI is InChI=1S/C35H44N4O6S2/c1-24(2)20-39(47(43,44)28-15-16-29-31(18-28)46-23-36-29)30-14-10-13-27(33(30)41)17-25(3)21-38(32(40)19-35(4,5)6)37-34(42)45-22-26-11-8-7-9-12-26/h7-16,18,23-25,41H,17,19-22H2,1-6H3,(H,37,42)/t25-/m1/s1. The Morgan fingerprint density at radius 1 is 1.00 bits per heavy atom. The predicted molar refractivity (Wildman–Crippen MR) is 186 cm³/mol. The molecule has 0 aliphatic carbocycles. The average molecular weight is 681 g/mol. The van der Waals surface area contributed by atoms with Gasteiger partial charge in [0.25, 0.3) is 10.0 Å². The van der Waals surface area contributed by atoms with Crippen LogP contribution < -0.4 is 9.73 Å². The minimum Gasteiger partial charge on any atom is -0.505 e. The highest BCUT2D eigenvalue weighted by Crippen LogP contribution is 2.37. The summed E-state index contributed by atoms with van der Waals surface area (Å²) in [6, 6.07) is 19.1. The highest BCUT2D eigenvalue weighted by molar-refractivity contribution is 7.92. The van der Waals surface area contributed by atoms with Crippen molar-refractivity contribution in [2.75, 3.05) is 17.4 Å². The third-order valence-electron chi connectivity index (χ3n) is 7.27. The van der Waals surface area contributed by atoms with Crippen molar-refractivity contribution in [2.24, 2.45) is 17.3 Å². The lowest BCUT2D eigenvalue weighted by Crippen LogP contribution is -2.49. The molecule has 2 amide bonds. The Balaban J connectivity index is 1.55. The molecule has 0 fully saturated rings. The molecule has 4 rings (SSSR count). The summed E-state index contributed by atoms with van der Waals surface area (Å²) in [5.74, 6) is -0.691. The number of amides is 2. The first-order chi connectivity index (χ1) is 22.1. The van der Waals surface area contributed by atoms with Crippen LogP contribution >= 0.6 is 11.3 Å². The second kappa shape index (κ2) is 15.2. The SMILES string of the molecule is CC(C)CN(c1cccc(C[C@@H](C)CN(NC(=O)OCc2ccccc2)C(=O)CC(C)(C)C)c1O)S(=O)(=O)c1ccc2ncsc2c1. The molecular weight excluding hydrogens is 637 g/mol. The highest BCUT2D eigenvalue weighted by atomic mass is 32.2. The number of phenolic OH excluding ortho intramolecular Hbond substituents is 1. The number of nitrogens with zero attached hydrogens (tertiary/aromatic N) is 3. The largest absolute Gasteiger partial charge is 0.505 e. The minimum atomic E-state index is -4.04. The fourth-order valence-corrected chi connectivity index (χ4v) is 7.55. The van der Waals surface area contributed by atoms with Gasteiger partial charge in [0.1, 0.15) is 12.4 Å². The van der Waals surface area contributed by atoms with E-state index in [2.05, 4.69) is 10.4 Å². The van der Waals surface area contributed by atoms with E-state index in [9.17, 15) is 23.1 Å². The number of thiazole rings is 1. The molecule has 1 aromatic heterocycles. The summed E-state index contributed by atoms with van der Waals surface area (Å²) in [4.78, 5) is 30.4. The molecule has 0 saturated carbocycles. The molecule has 0 bridgehead atoms. The van der Waals surface area contributed by atoms with Crippen molar-refractivity contribution in [2.45, 2.75) is 65.9 Å². The van der Waals surface area contributed by atoms with E-state index in [-0.39, 0.29) is 65.6 Å². The molecule has 0 saturated heterocycles. The van der Waals surface area contributed by atoms with Gasteiger partial charge in [0, 0.05) is 19.5 Å². The van der Waals surface area contributed by atoms with E-state index in [0.717, 1.165) is 15.8 Å². The summed E-state index contributed by atoms with van der Waals surface area (Å²) in [5.41, 5.74) is 6.19. The first kappa shape index (κ1) is 35.7. The van der Waals surface area contributed by atoms with Gasteiger partial charge in [-0.05, 0) is 59.1 Å². The van der Waals surface area contributed by atoms with Crippen molar-refractivity contribution in [3.8, 4) is 5.75 Å².